The maximum Gasteiger partial charge on any atom is 0.501 e. The topological polar surface area (TPSA) is 102 Å². The van der Waals surface area contributed by atoms with Crippen LogP contribution >= 0.6 is 0 Å². The van der Waals surface area contributed by atoms with Gasteiger partial charge in [0.05, 0.1) is 16.4 Å². The first-order valence-corrected chi connectivity index (χ1v) is 9.59. The molecule has 0 aliphatic carbocycles. The molecule has 0 radical (unpaired) electrons. The first-order valence-electron chi connectivity index (χ1n) is 8.11. The maximum absolute atomic E-state index is 12.6. The summed E-state index contributed by atoms with van der Waals surface area (Å²) in [6, 6.07) is 2.15. The normalized spacial score (nSPS) is 18.6. The lowest BCUT2D eigenvalue weighted by Crippen LogP contribution is -2.26. The highest BCUT2D eigenvalue weighted by Crippen LogP contribution is 2.34. The van der Waals surface area contributed by atoms with E-state index in [1.807, 2.05) is 0 Å². The van der Waals surface area contributed by atoms with Gasteiger partial charge < -0.3 is 15.0 Å². The Hall–Kier alpha value is -1.92. The van der Waals surface area contributed by atoms with Crippen molar-refractivity contribution in [2.45, 2.75) is 16.8 Å². The van der Waals surface area contributed by atoms with E-state index in [1.165, 1.54) is 0 Å². The molecule has 27 heavy (non-hydrogen) atoms. The number of nitro benzene ring substituents is 1. The van der Waals surface area contributed by atoms with E-state index in [2.05, 4.69) is 10.2 Å². The van der Waals surface area contributed by atoms with Gasteiger partial charge in [-0.25, -0.2) is 8.42 Å². The van der Waals surface area contributed by atoms with Crippen LogP contribution in [0.4, 0.5) is 24.5 Å². The summed E-state index contributed by atoms with van der Waals surface area (Å²) >= 11 is 0. The van der Waals surface area contributed by atoms with Gasteiger partial charge in [-0.1, -0.05) is 0 Å². The molecule has 0 unspecified atom stereocenters. The third kappa shape index (κ3) is 5.08. The number of alkyl halides is 3. The average Bonchev–Trinajstić information content (AvgIpc) is 3.04. The van der Waals surface area contributed by atoms with Crippen LogP contribution < -0.4 is 5.32 Å². The largest absolute Gasteiger partial charge is 0.501 e. The second-order valence-electron chi connectivity index (χ2n) is 6.21. The van der Waals surface area contributed by atoms with Gasteiger partial charge in [0.25, 0.3) is 15.5 Å². The smallest absolute Gasteiger partial charge is 0.383 e. The Kier molecular flexibility index (Phi) is 6.65. The number of benzene rings is 1. The minimum atomic E-state index is -5.65. The van der Waals surface area contributed by atoms with Gasteiger partial charge in [0.1, 0.15) is 5.69 Å². The second-order valence-corrected chi connectivity index (χ2v) is 8.16. The zero-order valence-electron chi connectivity index (χ0n) is 14.5. The second kappa shape index (κ2) is 8.40. The van der Waals surface area contributed by atoms with E-state index in [0.717, 1.165) is 38.2 Å². The number of nitro groups is 1. The predicted molar refractivity (Wildman–Crippen MR) is 91.2 cm³/mol. The summed E-state index contributed by atoms with van der Waals surface area (Å²) in [6.07, 6.45) is 0.866. The van der Waals surface area contributed by atoms with Gasteiger partial charge in [-0.3, -0.25) is 10.1 Å². The molecule has 12 heteroatoms. The lowest BCUT2D eigenvalue weighted by atomic mass is 10.1. The lowest BCUT2D eigenvalue weighted by Gasteiger charge is -2.16. The van der Waals surface area contributed by atoms with Crippen LogP contribution in [0.25, 0.3) is 0 Å². The molecule has 1 aliphatic rings. The predicted octanol–water partition coefficient (Wildman–Crippen LogP) is 2.27. The maximum atomic E-state index is 12.6. The Morgan fingerprint density at radius 3 is 2.70 bits per heavy atom. The molecule has 1 fully saturated rings. The SMILES string of the molecule is COCCN1CC[C@@H](CNc2ccc(S(=O)(=O)C(F)(F)F)cc2[N+](=O)[O-])C1. The number of nitrogens with zero attached hydrogens (tertiary/aromatic N) is 2. The molecule has 0 amide bonds. The molecule has 1 heterocycles. The van der Waals surface area contributed by atoms with Crippen molar-refractivity contribution >= 4 is 21.2 Å². The van der Waals surface area contributed by atoms with Crippen LogP contribution in [0, 0.1) is 16.0 Å². The fraction of sp³-hybridized carbons (Fsp3) is 0.600. The number of anilines is 1. The summed E-state index contributed by atoms with van der Waals surface area (Å²) in [5, 5.41) is 14.0. The van der Waals surface area contributed by atoms with Crippen molar-refractivity contribution in [3.63, 3.8) is 0 Å². The minimum absolute atomic E-state index is 0.0172. The number of ether oxygens (including phenoxy) is 1. The van der Waals surface area contributed by atoms with E-state index in [9.17, 15) is 31.7 Å². The molecule has 1 atom stereocenters. The van der Waals surface area contributed by atoms with Crippen LogP contribution in [-0.2, 0) is 14.6 Å². The van der Waals surface area contributed by atoms with Gasteiger partial charge in [0, 0.05) is 32.8 Å². The van der Waals surface area contributed by atoms with Gasteiger partial charge in [-0.15, -0.1) is 0 Å². The van der Waals surface area contributed by atoms with E-state index in [1.54, 1.807) is 7.11 Å². The monoisotopic (exact) mass is 411 g/mol. The molecule has 1 aromatic rings. The highest BCUT2D eigenvalue weighted by molar-refractivity contribution is 7.92. The molecule has 0 spiro atoms. The molecule has 0 bridgehead atoms. The molecule has 0 saturated carbocycles. The lowest BCUT2D eigenvalue weighted by molar-refractivity contribution is -0.384. The summed E-state index contributed by atoms with van der Waals surface area (Å²) in [5.41, 5.74) is -6.25. The fourth-order valence-corrected chi connectivity index (χ4v) is 3.65. The first kappa shape index (κ1) is 21.4. The molecular weight excluding hydrogens is 391 g/mol. The molecule has 1 aliphatic heterocycles. The van der Waals surface area contributed by atoms with Crippen LogP contribution in [-0.4, -0.2) is 63.6 Å². The van der Waals surface area contributed by atoms with Crippen LogP contribution in [0.3, 0.4) is 0 Å². The minimum Gasteiger partial charge on any atom is -0.383 e. The van der Waals surface area contributed by atoms with E-state index in [-0.39, 0.29) is 11.6 Å². The highest BCUT2D eigenvalue weighted by Gasteiger charge is 2.47. The third-order valence-corrected chi connectivity index (χ3v) is 5.83. The van der Waals surface area contributed by atoms with E-state index >= 15 is 0 Å². The van der Waals surface area contributed by atoms with Crippen molar-refractivity contribution < 1.29 is 31.2 Å². The number of hydrogen-bond acceptors (Lipinski definition) is 7. The highest BCUT2D eigenvalue weighted by atomic mass is 32.2. The van der Waals surface area contributed by atoms with E-state index < -0.39 is 30.9 Å². The molecular formula is C15H20F3N3O5S. The number of halogens is 3. The van der Waals surface area contributed by atoms with Crippen LogP contribution in [0.15, 0.2) is 23.1 Å². The van der Waals surface area contributed by atoms with Gasteiger partial charge >= 0.3 is 5.51 Å². The van der Waals surface area contributed by atoms with Crippen LogP contribution in [0.1, 0.15) is 6.42 Å². The molecule has 2 rings (SSSR count). The van der Waals surface area contributed by atoms with Crippen molar-refractivity contribution in [3.8, 4) is 0 Å². The Morgan fingerprint density at radius 2 is 2.11 bits per heavy atom. The number of sulfone groups is 1. The summed E-state index contributed by atoms with van der Waals surface area (Å²) in [7, 11) is -4.04. The molecule has 1 saturated heterocycles. The standard InChI is InChI=1S/C15H20F3N3O5S/c1-26-7-6-20-5-4-11(10-20)9-19-13-3-2-12(8-14(13)21(22)23)27(24,25)15(16,17)18/h2-3,8,11,19H,4-7,9-10H2,1H3/t11-/m0/s1. The molecule has 1 N–H and O–H groups in total. The number of rotatable bonds is 8. The molecule has 152 valence electrons. The van der Waals surface area contributed by atoms with Crippen LogP contribution in [0.5, 0.6) is 0 Å². The fourth-order valence-electron chi connectivity index (χ4n) is 2.87. The van der Waals surface area contributed by atoms with Gasteiger partial charge in [-0.2, -0.15) is 13.2 Å². The quantitative estimate of drug-likeness (QED) is 0.517. The number of likely N-dealkylation sites (tertiary alicyclic amines) is 1. The zero-order chi connectivity index (χ0) is 20.2. The molecule has 1 aromatic carbocycles. The number of hydrogen-bond donors (Lipinski definition) is 1. The van der Waals surface area contributed by atoms with E-state index in [0.29, 0.717) is 19.2 Å². The van der Waals surface area contributed by atoms with Gasteiger partial charge in [0.15, 0.2) is 0 Å². The Bertz CT molecular complexity index is 785. The zero-order valence-corrected chi connectivity index (χ0v) is 15.3. The van der Waals surface area contributed by atoms with Crippen molar-refractivity contribution in [2.75, 3.05) is 45.2 Å². The molecule has 8 nitrogen and oxygen atoms in total. The number of nitrogens with one attached hydrogen (secondary N) is 1. The number of methoxy groups -OCH3 is 1. The Labute approximate surface area is 154 Å². The van der Waals surface area contributed by atoms with Crippen molar-refractivity contribution in [2.24, 2.45) is 5.92 Å². The molecule has 0 aromatic heterocycles. The summed E-state index contributed by atoms with van der Waals surface area (Å²) in [5.74, 6) is 0.208. The summed E-state index contributed by atoms with van der Waals surface area (Å²) < 4.78 is 65.8. The van der Waals surface area contributed by atoms with Crippen molar-refractivity contribution in [1.82, 2.24) is 4.90 Å². The van der Waals surface area contributed by atoms with E-state index in [4.69, 9.17) is 4.74 Å². The summed E-state index contributed by atoms with van der Waals surface area (Å²) in [6.45, 7) is 3.39. The van der Waals surface area contributed by atoms with Crippen molar-refractivity contribution in [3.05, 3.63) is 28.3 Å². The van der Waals surface area contributed by atoms with Gasteiger partial charge in [-0.05, 0) is 31.0 Å². The summed E-state index contributed by atoms with van der Waals surface area (Å²) in [4.78, 5) is 11.3. The first-order chi connectivity index (χ1) is 12.6. The van der Waals surface area contributed by atoms with Crippen molar-refractivity contribution in [1.29, 1.82) is 0 Å². The average molecular weight is 411 g/mol. The Balaban J connectivity index is 2.11. The van der Waals surface area contributed by atoms with Gasteiger partial charge in [0.2, 0.25) is 0 Å². The van der Waals surface area contributed by atoms with Crippen LogP contribution in [0.2, 0.25) is 0 Å². The Morgan fingerprint density at radius 1 is 1.41 bits per heavy atom. The third-order valence-electron chi connectivity index (χ3n) is 4.34.